The second-order valence-electron chi connectivity index (χ2n) is 3.98. The zero-order valence-electron chi connectivity index (χ0n) is 8.62. The van der Waals surface area contributed by atoms with Gasteiger partial charge in [0.15, 0.2) is 0 Å². The van der Waals surface area contributed by atoms with Gasteiger partial charge in [0.05, 0.1) is 11.5 Å². The molecule has 3 atom stereocenters. The predicted molar refractivity (Wildman–Crippen MR) is 58.5 cm³/mol. The van der Waals surface area contributed by atoms with Gasteiger partial charge in [-0.15, -0.1) is 11.6 Å². The molecule has 0 spiro atoms. The van der Waals surface area contributed by atoms with Gasteiger partial charge >= 0.3 is 0 Å². The smallest absolute Gasteiger partial charge is 0.123 e. The maximum Gasteiger partial charge on any atom is 0.123 e. The van der Waals surface area contributed by atoms with Crippen LogP contribution in [0.2, 0.25) is 0 Å². The van der Waals surface area contributed by atoms with Gasteiger partial charge in [-0.05, 0) is 31.0 Å². The quantitative estimate of drug-likeness (QED) is 0.704. The van der Waals surface area contributed by atoms with E-state index >= 15 is 0 Å². The molecule has 0 aliphatic carbocycles. The van der Waals surface area contributed by atoms with Crippen molar-refractivity contribution in [1.29, 1.82) is 0 Å². The Morgan fingerprint density at radius 3 is 2.60 bits per heavy atom. The summed E-state index contributed by atoms with van der Waals surface area (Å²) < 4.78 is 18.2. The van der Waals surface area contributed by atoms with Crippen LogP contribution >= 0.6 is 11.6 Å². The van der Waals surface area contributed by atoms with Gasteiger partial charge in [-0.2, -0.15) is 0 Å². The van der Waals surface area contributed by atoms with Gasteiger partial charge < -0.3 is 4.74 Å². The molecule has 3 heteroatoms. The van der Waals surface area contributed by atoms with E-state index < -0.39 is 0 Å². The highest BCUT2D eigenvalue weighted by molar-refractivity contribution is 6.21. The van der Waals surface area contributed by atoms with E-state index in [4.69, 9.17) is 16.3 Å². The fourth-order valence-electron chi connectivity index (χ4n) is 2.03. The summed E-state index contributed by atoms with van der Waals surface area (Å²) in [4.78, 5) is 0. The molecule has 1 aromatic carbocycles. The molecule has 0 aromatic heterocycles. The second kappa shape index (κ2) is 4.50. The van der Waals surface area contributed by atoms with Crippen molar-refractivity contribution >= 4 is 11.6 Å². The summed E-state index contributed by atoms with van der Waals surface area (Å²) in [6.45, 7) is 2.81. The number of alkyl halides is 1. The van der Waals surface area contributed by atoms with Crippen molar-refractivity contribution < 1.29 is 9.13 Å². The van der Waals surface area contributed by atoms with E-state index in [0.717, 1.165) is 18.6 Å². The number of benzene rings is 1. The van der Waals surface area contributed by atoms with Gasteiger partial charge in [-0.3, -0.25) is 0 Å². The van der Waals surface area contributed by atoms with Crippen LogP contribution in [0.25, 0.3) is 0 Å². The molecular weight excluding hydrogens is 215 g/mol. The van der Waals surface area contributed by atoms with Gasteiger partial charge in [0, 0.05) is 12.5 Å². The first-order valence-corrected chi connectivity index (χ1v) is 5.63. The second-order valence-corrected chi connectivity index (χ2v) is 4.45. The molecule has 3 unspecified atom stereocenters. The summed E-state index contributed by atoms with van der Waals surface area (Å²) in [5.74, 6) is 0.107. The number of hydrogen-bond donors (Lipinski definition) is 0. The molecule has 1 heterocycles. The zero-order chi connectivity index (χ0) is 10.8. The van der Waals surface area contributed by atoms with E-state index in [1.165, 1.54) is 12.1 Å². The molecule has 15 heavy (non-hydrogen) atoms. The predicted octanol–water partition coefficient (Wildman–Crippen LogP) is 3.53. The summed E-state index contributed by atoms with van der Waals surface area (Å²) in [6.07, 6.45) is 1.17. The number of ether oxygens (including phenoxy) is 1. The fourth-order valence-corrected chi connectivity index (χ4v) is 2.50. The third-order valence-electron chi connectivity index (χ3n) is 3.00. The molecule has 0 N–H and O–H groups in total. The van der Waals surface area contributed by atoms with Crippen molar-refractivity contribution in [2.75, 3.05) is 6.61 Å². The molecular formula is C12H14ClFO. The number of hydrogen-bond acceptors (Lipinski definition) is 1. The highest BCUT2D eigenvalue weighted by Crippen LogP contribution is 2.37. The average molecular weight is 229 g/mol. The standard InChI is InChI=1S/C12H14ClFO/c1-8-11(6-7-15-8)12(13)9-2-4-10(14)5-3-9/h2-5,8,11-12H,6-7H2,1H3. The lowest BCUT2D eigenvalue weighted by Crippen LogP contribution is -2.16. The SMILES string of the molecule is CC1OCCC1C(Cl)c1ccc(F)cc1. The Hall–Kier alpha value is -0.600. The summed E-state index contributed by atoms with van der Waals surface area (Å²) in [5, 5.41) is -0.0805. The molecule has 1 saturated heterocycles. The van der Waals surface area contributed by atoms with E-state index in [9.17, 15) is 4.39 Å². The van der Waals surface area contributed by atoms with Crippen LogP contribution in [0.1, 0.15) is 24.3 Å². The molecule has 0 bridgehead atoms. The Kier molecular flexibility index (Phi) is 3.27. The van der Waals surface area contributed by atoms with Gasteiger partial charge in [0.2, 0.25) is 0 Å². The first-order chi connectivity index (χ1) is 7.18. The third-order valence-corrected chi connectivity index (χ3v) is 3.57. The molecule has 0 amide bonds. The monoisotopic (exact) mass is 228 g/mol. The summed E-state index contributed by atoms with van der Waals surface area (Å²) >= 11 is 6.36. The maximum absolute atomic E-state index is 12.7. The Bertz CT molecular complexity index is 325. The van der Waals surface area contributed by atoms with Gasteiger partial charge in [0.25, 0.3) is 0 Å². The van der Waals surface area contributed by atoms with E-state index in [1.807, 2.05) is 6.92 Å². The van der Waals surface area contributed by atoms with Crippen LogP contribution < -0.4 is 0 Å². The normalized spacial score (nSPS) is 27.9. The lowest BCUT2D eigenvalue weighted by Gasteiger charge is -2.20. The van der Waals surface area contributed by atoms with Crippen LogP contribution in [-0.4, -0.2) is 12.7 Å². The summed E-state index contributed by atoms with van der Waals surface area (Å²) in [7, 11) is 0. The van der Waals surface area contributed by atoms with Crippen LogP contribution in [0.15, 0.2) is 24.3 Å². The van der Waals surface area contributed by atoms with E-state index in [2.05, 4.69) is 0 Å². The number of halogens is 2. The van der Waals surface area contributed by atoms with Crippen LogP contribution in [0.4, 0.5) is 4.39 Å². The minimum Gasteiger partial charge on any atom is -0.378 e. The highest BCUT2D eigenvalue weighted by Gasteiger charge is 2.31. The van der Waals surface area contributed by atoms with Crippen molar-refractivity contribution in [3.63, 3.8) is 0 Å². The van der Waals surface area contributed by atoms with E-state index in [-0.39, 0.29) is 17.3 Å². The Morgan fingerprint density at radius 2 is 2.07 bits per heavy atom. The lowest BCUT2D eigenvalue weighted by atomic mass is 9.93. The van der Waals surface area contributed by atoms with Gasteiger partial charge in [0.1, 0.15) is 5.82 Å². The molecule has 1 nitrogen and oxygen atoms in total. The molecule has 1 fully saturated rings. The van der Waals surface area contributed by atoms with Crippen LogP contribution in [-0.2, 0) is 4.74 Å². The first kappa shape index (κ1) is 10.9. The summed E-state index contributed by atoms with van der Waals surface area (Å²) in [5.41, 5.74) is 0.973. The zero-order valence-corrected chi connectivity index (χ0v) is 9.38. The molecule has 82 valence electrons. The molecule has 1 aliphatic heterocycles. The molecule has 1 aliphatic rings. The van der Waals surface area contributed by atoms with Gasteiger partial charge in [-0.25, -0.2) is 4.39 Å². The van der Waals surface area contributed by atoms with Crippen molar-refractivity contribution in [3.8, 4) is 0 Å². The lowest BCUT2D eigenvalue weighted by molar-refractivity contribution is 0.105. The topological polar surface area (TPSA) is 9.23 Å². The van der Waals surface area contributed by atoms with Crippen molar-refractivity contribution in [3.05, 3.63) is 35.6 Å². The van der Waals surface area contributed by atoms with Gasteiger partial charge in [-0.1, -0.05) is 12.1 Å². The minimum absolute atomic E-state index is 0.0805. The third kappa shape index (κ3) is 2.32. The molecule has 2 rings (SSSR count). The van der Waals surface area contributed by atoms with Crippen LogP contribution in [0.3, 0.4) is 0 Å². The fraction of sp³-hybridized carbons (Fsp3) is 0.500. The maximum atomic E-state index is 12.7. The number of rotatable bonds is 2. The molecule has 0 radical (unpaired) electrons. The van der Waals surface area contributed by atoms with Crippen molar-refractivity contribution in [1.82, 2.24) is 0 Å². The average Bonchev–Trinajstić information content (AvgIpc) is 2.65. The highest BCUT2D eigenvalue weighted by atomic mass is 35.5. The van der Waals surface area contributed by atoms with Crippen LogP contribution in [0, 0.1) is 11.7 Å². The Morgan fingerprint density at radius 1 is 1.40 bits per heavy atom. The van der Waals surface area contributed by atoms with Crippen LogP contribution in [0.5, 0.6) is 0 Å². The van der Waals surface area contributed by atoms with E-state index in [0.29, 0.717) is 5.92 Å². The molecule has 0 saturated carbocycles. The first-order valence-electron chi connectivity index (χ1n) is 5.19. The Balaban J connectivity index is 2.13. The molecule has 1 aromatic rings. The Labute approximate surface area is 94.2 Å². The minimum atomic E-state index is -0.224. The van der Waals surface area contributed by atoms with E-state index in [1.54, 1.807) is 12.1 Å². The van der Waals surface area contributed by atoms with Crippen molar-refractivity contribution in [2.45, 2.75) is 24.8 Å². The largest absolute Gasteiger partial charge is 0.378 e. The summed E-state index contributed by atoms with van der Waals surface area (Å²) in [6, 6.07) is 6.40. The van der Waals surface area contributed by atoms with Crippen molar-refractivity contribution in [2.24, 2.45) is 5.92 Å².